The summed E-state index contributed by atoms with van der Waals surface area (Å²) in [7, 11) is 0. The van der Waals surface area contributed by atoms with Crippen LogP contribution in [0.1, 0.15) is 40.6 Å². The summed E-state index contributed by atoms with van der Waals surface area (Å²) in [5.74, 6) is -0.180. The number of hydrogen-bond acceptors (Lipinski definition) is 6. The fourth-order valence-electron chi connectivity index (χ4n) is 3.81. The van der Waals surface area contributed by atoms with E-state index in [1.54, 1.807) is 0 Å². The van der Waals surface area contributed by atoms with Crippen LogP contribution in [0, 0.1) is 0 Å². The molecule has 1 unspecified atom stereocenters. The predicted octanol–water partition coefficient (Wildman–Crippen LogP) is 2.95. The molecule has 3 heterocycles. The first-order valence-electron chi connectivity index (χ1n) is 10.5. The number of halogens is 5. The lowest BCUT2D eigenvalue weighted by molar-refractivity contribution is -0.137. The topological polar surface area (TPSA) is 94.8 Å². The van der Waals surface area contributed by atoms with Crippen molar-refractivity contribution in [3.8, 4) is 11.6 Å². The molecule has 0 bridgehead atoms. The molecule has 2 aliphatic heterocycles. The quantitative estimate of drug-likeness (QED) is 0.436. The smallest absolute Gasteiger partial charge is 0.416 e. The van der Waals surface area contributed by atoms with E-state index < -0.39 is 42.8 Å². The summed E-state index contributed by atoms with van der Waals surface area (Å²) in [6, 6.07) is 3.23. The van der Waals surface area contributed by atoms with Gasteiger partial charge in [-0.15, -0.1) is 0 Å². The number of hydrogen-bond donors (Lipinski definition) is 2. The summed E-state index contributed by atoms with van der Waals surface area (Å²) >= 11 is 0. The van der Waals surface area contributed by atoms with Gasteiger partial charge in [-0.25, -0.2) is 13.5 Å². The molecular formula is C21H22F5N3O5. The van der Waals surface area contributed by atoms with Crippen molar-refractivity contribution in [1.29, 1.82) is 0 Å². The van der Waals surface area contributed by atoms with E-state index in [1.807, 2.05) is 0 Å². The molecule has 0 saturated carbocycles. The first-order chi connectivity index (χ1) is 16.1. The molecule has 13 heteroatoms. The first-order valence-corrected chi connectivity index (χ1v) is 10.5. The van der Waals surface area contributed by atoms with Gasteiger partial charge in [0.2, 0.25) is 5.88 Å². The summed E-state index contributed by atoms with van der Waals surface area (Å²) in [5.41, 5.74) is -0.989. The molecule has 1 amide bonds. The van der Waals surface area contributed by atoms with Gasteiger partial charge in [-0.3, -0.25) is 4.79 Å². The summed E-state index contributed by atoms with van der Waals surface area (Å²) in [6.45, 7) is -0.202. The average molecular weight is 491 g/mol. The highest BCUT2D eigenvalue weighted by molar-refractivity contribution is 5.92. The highest BCUT2D eigenvalue weighted by atomic mass is 19.4. The van der Waals surface area contributed by atoms with Crippen molar-refractivity contribution in [1.82, 2.24) is 15.1 Å². The maximum absolute atomic E-state index is 13.0. The number of benzene rings is 1. The maximum Gasteiger partial charge on any atom is 0.416 e. The van der Waals surface area contributed by atoms with Crippen molar-refractivity contribution < 1.29 is 46.1 Å². The van der Waals surface area contributed by atoms with Crippen molar-refractivity contribution in [3.63, 3.8) is 0 Å². The molecule has 4 rings (SSSR count). The highest BCUT2D eigenvalue weighted by Gasteiger charge is 2.36. The number of nitrogens with zero attached hydrogens (tertiary/aromatic N) is 2. The number of rotatable bonds is 8. The number of carbonyl (C=O) groups excluding carboxylic acids is 1. The molecule has 0 fully saturated rings. The minimum absolute atomic E-state index is 0.00996. The van der Waals surface area contributed by atoms with E-state index in [1.165, 1.54) is 10.7 Å². The second-order valence-corrected chi connectivity index (χ2v) is 7.98. The number of amides is 1. The average Bonchev–Trinajstić information content (AvgIpc) is 3.33. The molecular weight excluding hydrogens is 469 g/mol. The number of alkyl halides is 5. The maximum atomic E-state index is 13.0. The van der Waals surface area contributed by atoms with Crippen LogP contribution in [0.4, 0.5) is 22.0 Å². The van der Waals surface area contributed by atoms with Gasteiger partial charge in [-0.1, -0.05) is 0 Å². The van der Waals surface area contributed by atoms with Crippen LogP contribution >= 0.6 is 0 Å². The summed E-state index contributed by atoms with van der Waals surface area (Å²) in [4.78, 5) is 12.6. The molecule has 1 aromatic heterocycles. The molecule has 8 nitrogen and oxygen atoms in total. The third-order valence-electron chi connectivity index (χ3n) is 5.47. The van der Waals surface area contributed by atoms with Gasteiger partial charge in [0.25, 0.3) is 12.3 Å². The Bertz CT molecular complexity index is 1010. The van der Waals surface area contributed by atoms with Gasteiger partial charge >= 0.3 is 6.18 Å². The molecule has 3 atom stereocenters. The van der Waals surface area contributed by atoms with Gasteiger partial charge in [0, 0.05) is 18.2 Å². The van der Waals surface area contributed by atoms with E-state index in [0.29, 0.717) is 25.3 Å². The number of ether oxygens (including phenoxy) is 3. The third-order valence-corrected chi connectivity index (χ3v) is 5.47. The first kappa shape index (κ1) is 24.2. The van der Waals surface area contributed by atoms with Gasteiger partial charge in [-0.05, 0) is 31.0 Å². The Morgan fingerprint density at radius 2 is 2.12 bits per heavy atom. The zero-order valence-electron chi connectivity index (χ0n) is 17.7. The van der Waals surface area contributed by atoms with Crippen molar-refractivity contribution in [2.45, 2.75) is 50.2 Å². The van der Waals surface area contributed by atoms with Gasteiger partial charge in [0.05, 0.1) is 18.2 Å². The van der Waals surface area contributed by atoms with Crippen molar-refractivity contribution in [3.05, 3.63) is 41.1 Å². The lowest BCUT2D eigenvalue weighted by Crippen LogP contribution is -2.45. The van der Waals surface area contributed by atoms with E-state index in [0.717, 1.165) is 18.2 Å². The third kappa shape index (κ3) is 5.41. The van der Waals surface area contributed by atoms with Crippen LogP contribution in [-0.4, -0.2) is 59.2 Å². The Hall–Kier alpha value is -2.93. The number of aliphatic hydroxyl groups excluding tert-OH is 1. The normalized spacial score (nSPS) is 21.6. The van der Waals surface area contributed by atoms with E-state index in [4.69, 9.17) is 14.2 Å². The highest BCUT2D eigenvalue weighted by Crippen LogP contribution is 2.38. The fraction of sp³-hybridized carbons (Fsp3) is 0.524. The fourth-order valence-corrected chi connectivity index (χ4v) is 3.81. The van der Waals surface area contributed by atoms with Gasteiger partial charge in [0.15, 0.2) is 5.69 Å². The summed E-state index contributed by atoms with van der Waals surface area (Å²) in [5, 5.41) is 17.3. The van der Waals surface area contributed by atoms with E-state index >= 15 is 0 Å². The molecule has 34 heavy (non-hydrogen) atoms. The van der Waals surface area contributed by atoms with Crippen LogP contribution in [0.3, 0.4) is 0 Å². The number of carbonyl (C=O) groups is 1. The van der Waals surface area contributed by atoms with Crippen LogP contribution in [0.5, 0.6) is 11.6 Å². The van der Waals surface area contributed by atoms with Crippen LogP contribution in [0.2, 0.25) is 0 Å². The van der Waals surface area contributed by atoms with Crippen LogP contribution in [-0.2, 0) is 17.5 Å². The van der Waals surface area contributed by atoms with Gasteiger partial charge in [0.1, 0.15) is 31.2 Å². The number of fused-ring (bicyclic) bond motifs is 2. The van der Waals surface area contributed by atoms with E-state index in [2.05, 4.69) is 10.4 Å². The molecule has 0 aliphatic carbocycles. The number of aromatic nitrogens is 2. The Labute approximate surface area is 190 Å². The van der Waals surface area contributed by atoms with Gasteiger partial charge < -0.3 is 24.6 Å². The lowest BCUT2D eigenvalue weighted by atomic mass is 9.97. The number of nitrogens with one attached hydrogen (secondary N) is 1. The van der Waals surface area contributed by atoms with Gasteiger partial charge in [-0.2, -0.15) is 18.3 Å². The molecule has 0 radical (unpaired) electrons. The summed E-state index contributed by atoms with van der Waals surface area (Å²) < 4.78 is 80.5. The predicted molar refractivity (Wildman–Crippen MR) is 106 cm³/mol. The minimum atomic E-state index is -4.58. The van der Waals surface area contributed by atoms with Crippen LogP contribution in [0.25, 0.3) is 0 Å². The Morgan fingerprint density at radius 1 is 1.32 bits per heavy atom. The molecule has 2 N–H and O–H groups in total. The molecule has 186 valence electrons. The Morgan fingerprint density at radius 3 is 2.82 bits per heavy atom. The Balaban J connectivity index is 1.31. The molecule has 2 aliphatic rings. The number of aliphatic hydroxyl groups is 1. The summed E-state index contributed by atoms with van der Waals surface area (Å²) in [6.07, 6.45) is -7.66. The molecule has 0 spiro atoms. The zero-order valence-corrected chi connectivity index (χ0v) is 17.7. The van der Waals surface area contributed by atoms with Crippen LogP contribution in [0.15, 0.2) is 24.3 Å². The standard InChI is InChI=1S/C21H22F5N3O5/c22-17(23)10-32-5-1-2-12-8-29-18(34-12)7-14(28-29)20(31)27-15-9-33-16-4-3-11(21(24,25)26)6-13(16)19(15)30/h3-4,6-7,12,15,17,19,30H,1-2,5,8-10H2,(H,27,31)/t12-,15-,19?/m0/s1. The lowest BCUT2D eigenvalue weighted by Gasteiger charge is -2.31. The second-order valence-electron chi connectivity index (χ2n) is 7.98. The largest absolute Gasteiger partial charge is 0.491 e. The monoisotopic (exact) mass is 491 g/mol. The minimum Gasteiger partial charge on any atom is -0.491 e. The van der Waals surface area contributed by atoms with Crippen molar-refractivity contribution in [2.24, 2.45) is 0 Å². The Kier molecular flexibility index (Phi) is 6.94. The van der Waals surface area contributed by atoms with E-state index in [-0.39, 0.29) is 36.3 Å². The second kappa shape index (κ2) is 9.74. The zero-order chi connectivity index (χ0) is 24.5. The molecule has 1 aromatic carbocycles. The SMILES string of the molecule is O=C(N[C@H]1COc2ccc(C(F)(F)F)cc2C1O)c1cc2n(n1)C[C@H](CCCOCC(F)F)O2. The van der Waals surface area contributed by atoms with E-state index in [9.17, 15) is 31.9 Å². The van der Waals surface area contributed by atoms with Crippen molar-refractivity contribution >= 4 is 5.91 Å². The van der Waals surface area contributed by atoms with Crippen molar-refractivity contribution in [2.75, 3.05) is 19.8 Å². The molecule has 2 aromatic rings. The molecule has 0 saturated heterocycles. The van der Waals surface area contributed by atoms with Crippen LogP contribution < -0.4 is 14.8 Å².